The molecule has 0 saturated carbocycles. The smallest absolute Gasteiger partial charge is 0.0133 e. The van der Waals surface area contributed by atoms with Crippen LogP contribution in [0.5, 0.6) is 0 Å². The Morgan fingerprint density at radius 1 is 1.33 bits per heavy atom. The molecule has 2 rings (SSSR count). The van der Waals surface area contributed by atoms with Crippen LogP contribution in [0.1, 0.15) is 44.9 Å². The topological polar surface area (TPSA) is 3.24 Å². The molecule has 0 bridgehead atoms. The van der Waals surface area contributed by atoms with Gasteiger partial charge < -0.3 is 0 Å². The highest BCUT2D eigenvalue weighted by Crippen LogP contribution is 2.38. The van der Waals surface area contributed by atoms with E-state index in [1.54, 1.807) is 0 Å². The molecule has 0 aromatic carbocycles. The fourth-order valence-electron chi connectivity index (χ4n) is 3.75. The maximum atomic E-state index is 5.27. The van der Waals surface area contributed by atoms with Crippen molar-refractivity contribution in [3.63, 3.8) is 0 Å². The lowest BCUT2D eigenvalue weighted by atomic mass is 9.82. The Bertz CT molecular complexity index is 336. The van der Waals surface area contributed by atoms with Crippen molar-refractivity contribution in [1.82, 2.24) is 4.90 Å². The molecule has 0 N–H and O–H groups in total. The standard InChI is InChI=1S/C17H25N/c1-3-5-7-10-16-13-12-15(9-6-4-2)17-11-8-14-18(16)17/h1,4-5,7,15-17H,2,6,8-14H2/b7-5-. The molecule has 3 unspecified atom stereocenters. The fourth-order valence-corrected chi connectivity index (χ4v) is 3.75. The molecule has 2 fully saturated rings. The number of piperidine rings is 1. The first-order valence-electron chi connectivity index (χ1n) is 7.34. The summed E-state index contributed by atoms with van der Waals surface area (Å²) in [6.45, 7) is 5.15. The zero-order chi connectivity index (χ0) is 12.8. The Morgan fingerprint density at radius 3 is 3.00 bits per heavy atom. The minimum atomic E-state index is 0.738. The summed E-state index contributed by atoms with van der Waals surface area (Å²) < 4.78 is 0. The first-order chi connectivity index (χ1) is 8.86. The number of fused-ring (bicyclic) bond motifs is 1. The highest BCUT2D eigenvalue weighted by Gasteiger charge is 2.38. The molecule has 0 aromatic heterocycles. The summed E-state index contributed by atoms with van der Waals surface area (Å²) in [7, 11) is 0. The van der Waals surface area contributed by atoms with Crippen LogP contribution in [-0.2, 0) is 0 Å². The average Bonchev–Trinajstić information content (AvgIpc) is 2.87. The van der Waals surface area contributed by atoms with Gasteiger partial charge in [0.25, 0.3) is 0 Å². The summed E-state index contributed by atoms with van der Waals surface area (Å²) in [4.78, 5) is 2.76. The van der Waals surface area contributed by atoms with Crippen molar-refractivity contribution in [2.45, 2.75) is 57.0 Å². The second-order valence-corrected chi connectivity index (χ2v) is 5.61. The average molecular weight is 243 g/mol. The molecule has 2 saturated heterocycles. The molecule has 98 valence electrons. The van der Waals surface area contributed by atoms with Crippen LogP contribution in [-0.4, -0.2) is 23.5 Å². The Morgan fingerprint density at radius 2 is 2.22 bits per heavy atom. The lowest BCUT2D eigenvalue weighted by Crippen LogP contribution is -2.47. The molecule has 1 heteroatoms. The summed E-state index contributed by atoms with van der Waals surface area (Å²) in [6, 6.07) is 1.57. The maximum Gasteiger partial charge on any atom is 0.0133 e. The number of hydrogen-bond donors (Lipinski definition) is 0. The number of terminal acetylenes is 1. The van der Waals surface area contributed by atoms with E-state index in [1.165, 1.54) is 45.1 Å². The number of hydrogen-bond acceptors (Lipinski definition) is 1. The number of allylic oxidation sites excluding steroid dienone is 2. The third-order valence-electron chi connectivity index (χ3n) is 4.59. The van der Waals surface area contributed by atoms with E-state index < -0.39 is 0 Å². The molecule has 18 heavy (non-hydrogen) atoms. The van der Waals surface area contributed by atoms with Crippen molar-refractivity contribution in [1.29, 1.82) is 0 Å². The third kappa shape index (κ3) is 3.06. The van der Waals surface area contributed by atoms with E-state index in [4.69, 9.17) is 6.42 Å². The molecule has 1 nitrogen and oxygen atoms in total. The van der Waals surface area contributed by atoms with Gasteiger partial charge in [-0.2, -0.15) is 0 Å². The SMILES string of the molecule is C#C/C=C\CC1CCC(CCC=C)C2CCCN12. The molecule has 2 aliphatic rings. The van der Waals surface area contributed by atoms with Crippen LogP contribution in [0.2, 0.25) is 0 Å². The van der Waals surface area contributed by atoms with Crippen molar-refractivity contribution in [2.24, 2.45) is 5.92 Å². The molecule has 2 heterocycles. The van der Waals surface area contributed by atoms with Crippen molar-refractivity contribution in [3.05, 3.63) is 24.8 Å². The minimum Gasteiger partial charge on any atom is -0.297 e. The van der Waals surface area contributed by atoms with E-state index >= 15 is 0 Å². The normalized spacial score (nSPS) is 32.3. The van der Waals surface area contributed by atoms with Crippen LogP contribution in [0, 0.1) is 18.3 Å². The third-order valence-corrected chi connectivity index (χ3v) is 4.59. The Balaban J connectivity index is 1.93. The van der Waals surface area contributed by atoms with E-state index in [9.17, 15) is 0 Å². The van der Waals surface area contributed by atoms with Gasteiger partial charge in [-0.05, 0) is 63.5 Å². The summed E-state index contributed by atoms with van der Waals surface area (Å²) >= 11 is 0. The minimum absolute atomic E-state index is 0.738. The van der Waals surface area contributed by atoms with Gasteiger partial charge >= 0.3 is 0 Å². The quantitative estimate of drug-likeness (QED) is 0.525. The van der Waals surface area contributed by atoms with Gasteiger partial charge in [-0.3, -0.25) is 4.90 Å². The van der Waals surface area contributed by atoms with Crippen LogP contribution in [0.3, 0.4) is 0 Å². The molecule has 0 aromatic rings. The van der Waals surface area contributed by atoms with Gasteiger partial charge in [0.2, 0.25) is 0 Å². The highest BCUT2D eigenvalue weighted by molar-refractivity contribution is 5.10. The van der Waals surface area contributed by atoms with Crippen LogP contribution in [0.25, 0.3) is 0 Å². The van der Waals surface area contributed by atoms with E-state index in [-0.39, 0.29) is 0 Å². The maximum absolute atomic E-state index is 5.27. The van der Waals surface area contributed by atoms with E-state index in [0.29, 0.717) is 0 Å². The van der Waals surface area contributed by atoms with Gasteiger partial charge in [0.05, 0.1) is 0 Å². The lowest BCUT2D eigenvalue weighted by molar-refractivity contribution is 0.0717. The molecule has 2 aliphatic heterocycles. The predicted octanol–water partition coefficient (Wildman–Crippen LogP) is 3.78. The number of nitrogens with zero attached hydrogens (tertiary/aromatic N) is 1. The first-order valence-corrected chi connectivity index (χ1v) is 7.34. The monoisotopic (exact) mass is 243 g/mol. The van der Waals surface area contributed by atoms with Gasteiger partial charge in [-0.25, -0.2) is 0 Å². The molecule has 0 spiro atoms. The zero-order valence-corrected chi connectivity index (χ0v) is 11.4. The van der Waals surface area contributed by atoms with Gasteiger partial charge in [0.1, 0.15) is 0 Å². The largest absolute Gasteiger partial charge is 0.297 e. The molecular weight excluding hydrogens is 218 g/mol. The van der Waals surface area contributed by atoms with Crippen LogP contribution in [0.15, 0.2) is 24.8 Å². The van der Waals surface area contributed by atoms with Gasteiger partial charge in [-0.15, -0.1) is 13.0 Å². The Labute approximate surface area is 112 Å². The fraction of sp³-hybridized carbons (Fsp3) is 0.647. The summed E-state index contributed by atoms with van der Waals surface area (Å²) in [6.07, 6.45) is 20.5. The van der Waals surface area contributed by atoms with Gasteiger partial charge in [0.15, 0.2) is 0 Å². The second-order valence-electron chi connectivity index (χ2n) is 5.61. The molecule has 3 atom stereocenters. The van der Waals surface area contributed by atoms with Crippen molar-refractivity contribution < 1.29 is 0 Å². The second kappa shape index (κ2) is 6.81. The van der Waals surface area contributed by atoms with Crippen LogP contribution in [0.4, 0.5) is 0 Å². The van der Waals surface area contributed by atoms with E-state index in [0.717, 1.165) is 24.4 Å². The van der Waals surface area contributed by atoms with Crippen LogP contribution >= 0.6 is 0 Å². The summed E-state index contributed by atoms with van der Waals surface area (Å²) in [5.74, 6) is 3.49. The van der Waals surface area contributed by atoms with E-state index in [2.05, 4.69) is 29.6 Å². The van der Waals surface area contributed by atoms with Crippen molar-refractivity contribution >= 4 is 0 Å². The van der Waals surface area contributed by atoms with Gasteiger partial charge in [0, 0.05) is 12.1 Å². The highest BCUT2D eigenvalue weighted by atomic mass is 15.2. The number of rotatable bonds is 5. The lowest BCUT2D eigenvalue weighted by Gasteiger charge is -2.42. The Kier molecular flexibility index (Phi) is 5.08. The summed E-state index contributed by atoms with van der Waals surface area (Å²) in [5.41, 5.74) is 0. The Hall–Kier alpha value is -1.00. The van der Waals surface area contributed by atoms with Crippen molar-refractivity contribution in [2.75, 3.05) is 6.54 Å². The molecule has 0 aliphatic carbocycles. The summed E-state index contributed by atoms with van der Waals surface area (Å²) in [5, 5.41) is 0. The van der Waals surface area contributed by atoms with Crippen molar-refractivity contribution in [3.8, 4) is 12.3 Å². The molecular formula is C17H25N. The molecule has 0 amide bonds. The van der Waals surface area contributed by atoms with Gasteiger partial charge in [-0.1, -0.05) is 18.1 Å². The zero-order valence-electron chi connectivity index (χ0n) is 11.4. The molecule has 0 radical (unpaired) electrons. The van der Waals surface area contributed by atoms with Crippen LogP contribution < -0.4 is 0 Å². The first kappa shape index (κ1) is 13.4. The predicted molar refractivity (Wildman–Crippen MR) is 78.3 cm³/mol. The van der Waals surface area contributed by atoms with E-state index in [1.807, 2.05) is 6.08 Å².